The lowest BCUT2D eigenvalue weighted by molar-refractivity contribution is -0.384. The zero-order valence-corrected chi connectivity index (χ0v) is 16.1. The second kappa shape index (κ2) is 8.32. The topological polar surface area (TPSA) is 72.7 Å². The summed E-state index contributed by atoms with van der Waals surface area (Å²) in [5.41, 5.74) is 1.63. The van der Waals surface area contributed by atoms with Gasteiger partial charge in [0.15, 0.2) is 0 Å². The van der Waals surface area contributed by atoms with Crippen molar-refractivity contribution < 1.29 is 14.5 Å². The number of carbonyl (C=O) groups is 1. The summed E-state index contributed by atoms with van der Waals surface area (Å²) >= 11 is 6.51. The predicted molar refractivity (Wildman–Crippen MR) is 109 cm³/mol. The second-order valence-corrected chi connectivity index (χ2v) is 7.35. The molecule has 1 saturated heterocycles. The molecule has 0 saturated carbocycles. The van der Waals surface area contributed by atoms with Crippen molar-refractivity contribution in [2.45, 2.75) is 13.5 Å². The first kappa shape index (κ1) is 19.1. The van der Waals surface area contributed by atoms with E-state index in [-0.39, 0.29) is 18.2 Å². The van der Waals surface area contributed by atoms with Crippen molar-refractivity contribution in [1.29, 1.82) is 0 Å². The van der Waals surface area contributed by atoms with E-state index in [1.165, 1.54) is 23.9 Å². The number of rotatable bonds is 6. The normalized spacial score (nSPS) is 15.4. The maximum Gasteiger partial charge on any atom is 0.269 e. The zero-order chi connectivity index (χ0) is 19.4. The molecule has 0 unspecified atom stereocenters. The second-order valence-electron chi connectivity index (χ2n) is 5.68. The molecule has 0 bridgehead atoms. The van der Waals surface area contributed by atoms with Crippen LogP contribution >= 0.6 is 24.0 Å². The minimum Gasteiger partial charge on any atom is -0.488 e. The van der Waals surface area contributed by atoms with Gasteiger partial charge in [0, 0.05) is 24.2 Å². The molecule has 1 aliphatic rings. The fraction of sp³-hybridized carbons (Fsp3) is 0.158. The van der Waals surface area contributed by atoms with E-state index < -0.39 is 4.92 Å². The molecule has 1 fully saturated rings. The van der Waals surface area contributed by atoms with Gasteiger partial charge in [-0.05, 0) is 36.8 Å². The molecular formula is C19H16N2O4S2. The van der Waals surface area contributed by atoms with E-state index in [0.29, 0.717) is 21.5 Å². The van der Waals surface area contributed by atoms with Gasteiger partial charge in [-0.15, -0.1) is 0 Å². The van der Waals surface area contributed by atoms with Crippen LogP contribution in [0.5, 0.6) is 5.75 Å². The number of nitrogens with zero attached hydrogens (tertiary/aromatic N) is 2. The van der Waals surface area contributed by atoms with Crippen LogP contribution in [0.1, 0.15) is 18.1 Å². The van der Waals surface area contributed by atoms with Gasteiger partial charge in [-0.2, -0.15) is 0 Å². The van der Waals surface area contributed by atoms with Crippen LogP contribution in [0.3, 0.4) is 0 Å². The molecule has 0 radical (unpaired) electrons. The number of carbonyl (C=O) groups excluding carboxylic acids is 1. The van der Waals surface area contributed by atoms with Crippen LogP contribution in [0.4, 0.5) is 5.69 Å². The van der Waals surface area contributed by atoms with E-state index in [1.54, 1.807) is 23.1 Å². The van der Waals surface area contributed by atoms with Crippen LogP contribution < -0.4 is 4.74 Å². The van der Waals surface area contributed by atoms with E-state index >= 15 is 0 Å². The Morgan fingerprint density at radius 3 is 2.56 bits per heavy atom. The number of ether oxygens (including phenoxy) is 1. The van der Waals surface area contributed by atoms with Gasteiger partial charge in [0.2, 0.25) is 0 Å². The number of non-ortho nitro benzene ring substituents is 1. The molecule has 0 atom stereocenters. The lowest BCUT2D eigenvalue weighted by Gasteiger charge is -2.10. The van der Waals surface area contributed by atoms with Gasteiger partial charge in [0.1, 0.15) is 16.7 Å². The number of hydrogen-bond acceptors (Lipinski definition) is 6. The Bertz CT molecular complexity index is 926. The van der Waals surface area contributed by atoms with Crippen LogP contribution in [0.15, 0.2) is 53.4 Å². The molecule has 1 aliphatic heterocycles. The Labute approximate surface area is 166 Å². The maximum absolute atomic E-state index is 12.4. The molecule has 0 spiro atoms. The number of likely N-dealkylation sites (N-methyl/N-ethyl adjacent to an activating group) is 1. The summed E-state index contributed by atoms with van der Waals surface area (Å²) in [5.74, 6) is 0.523. The number of nitro groups is 1. The largest absolute Gasteiger partial charge is 0.488 e. The Morgan fingerprint density at radius 1 is 1.22 bits per heavy atom. The summed E-state index contributed by atoms with van der Waals surface area (Å²) in [4.78, 5) is 24.8. The minimum absolute atomic E-state index is 0.0390. The van der Waals surface area contributed by atoms with Gasteiger partial charge < -0.3 is 4.74 Å². The van der Waals surface area contributed by atoms with Crippen molar-refractivity contribution in [3.8, 4) is 5.75 Å². The van der Waals surface area contributed by atoms with Crippen molar-refractivity contribution in [3.05, 3.63) is 74.7 Å². The fourth-order valence-corrected chi connectivity index (χ4v) is 3.90. The summed E-state index contributed by atoms with van der Waals surface area (Å²) in [6.45, 7) is 2.69. The van der Waals surface area contributed by atoms with Crippen molar-refractivity contribution in [3.63, 3.8) is 0 Å². The minimum atomic E-state index is -0.438. The van der Waals surface area contributed by atoms with Gasteiger partial charge in [-0.3, -0.25) is 19.8 Å². The summed E-state index contributed by atoms with van der Waals surface area (Å²) in [7, 11) is 0. The molecular weight excluding hydrogens is 384 g/mol. The number of para-hydroxylation sites is 1. The third-order valence-electron chi connectivity index (χ3n) is 3.94. The summed E-state index contributed by atoms with van der Waals surface area (Å²) in [5, 5.41) is 10.7. The first-order valence-corrected chi connectivity index (χ1v) is 9.42. The van der Waals surface area contributed by atoms with Crippen LogP contribution in [0.2, 0.25) is 0 Å². The average Bonchev–Trinajstić information content (AvgIpc) is 2.94. The number of hydrogen-bond donors (Lipinski definition) is 0. The lowest BCUT2D eigenvalue weighted by atomic mass is 10.1. The molecule has 1 amide bonds. The highest BCUT2D eigenvalue weighted by Crippen LogP contribution is 2.34. The smallest absolute Gasteiger partial charge is 0.269 e. The zero-order valence-electron chi connectivity index (χ0n) is 14.5. The molecule has 2 aromatic carbocycles. The molecule has 0 aromatic heterocycles. The van der Waals surface area contributed by atoms with Gasteiger partial charge in [-0.1, -0.05) is 42.2 Å². The van der Waals surface area contributed by atoms with Crippen LogP contribution in [-0.2, 0) is 11.4 Å². The maximum atomic E-state index is 12.4. The van der Waals surface area contributed by atoms with Crippen LogP contribution in [-0.4, -0.2) is 26.6 Å². The molecule has 138 valence electrons. The Hall–Kier alpha value is -2.71. The fourth-order valence-electron chi connectivity index (χ4n) is 2.52. The van der Waals surface area contributed by atoms with Gasteiger partial charge in [-0.25, -0.2) is 0 Å². The van der Waals surface area contributed by atoms with Gasteiger partial charge in [0.25, 0.3) is 11.6 Å². The standard InChI is InChI=1S/C19H16N2O4S2/c1-2-20-18(22)17(27-19(20)26)11-14-5-3-4-6-16(14)25-12-13-7-9-15(10-8-13)21(23)24/h3-11H,2,12H2,1H3/b17-11-. The quantitative estimate of drug-likeness (QED) is 0.310. The Balaban J connectivity index is 1.76. The molecule has 6 nitrogen and oxygen atoms in total. The highest BCUT2D eigenvalue weighted by atomic mass is 32.2. The number of nitro benzene ring substituents is 1. The van der Waals surface area contributed by atoms with Crippen molar-refractivity contribution >= 4 is 46.0 Å². The molecule has 0 aliphatic carbocycles. The van der Waals surface area contributed by atoms with Crippen LogP contribution in [0.25, 0.3) is 6.08 Å². The third-order valence-corrected chi connectivity index (χ3v) is 5.31. The van der Waals surface area contributed by atoms with Crippen LogP contribution in [0, 0.1) is 10.1 Å². The van der Waals surface area contributed by atoms with E-state index in [2.05, 4.69) is 0 Å². The monoisotopic (exact) mass is 400 g/mol. The van der Waals surface area contributed by atoms with Crippen molar-refractivity contribution in [1.82, 2.24) is 4.90 Å². The molecule has 2 aromatic rings. The van der Waals surface area contributed by atoms with E-state index in [4.69, 9.17) is 17.0 Å². The van der Waals surface area contributed by atoms with Gasteiger partial charge in [0.05, 0.1) is 9.83 Å². The van der Waals surface area contributed by atoms with Gasteiger partial charge >= 0.3 is 0 Å². The third kappa shape index (κ3) is 4.35. The summed E-state index contributed by atoms with van der Waals surface area (Å²) in [6, 6.07) is 13.6. The Kier molecular flexibility index (Phi) is 5.88. The Morgan fingerprint density at radius 2 is 1.93 bits per heavy atom. The van der Waals surface area contributed by atoms with E-state index in [0.717, 1.165) is 11.1 Å². The predicted octanol–water partition coefficient (Wildman–Crippen LogP) is 4.39. The number of benzene rings is 2. The highest BCUT2D eigenvalue weighted by Gasteiger charge is 2.30. The van der Waals surface area contributed by atoms with Crippen molar-refractivity contribution in [2.75, 3.05) is 6.54 Å². The van der Waals surface area contributed by atoms with E-state index in [9.17, 15) is 14.9 Å². The first-order valence-electron chi connectivity index (χ1n) is 8.20. The summed E-state index contributed by atoms with van der Waals surface area (Å²) < 4.78 is 6.42. The molecule has 1 heterocycles. The number of thiocarbonyl (C=S) groups is 1. The average molecular weight is 400 g/mol. The lowest BCUT2D eigenvalue weighted by Crippen LogP contribution is -2.27. The molecule has 0 N–H and O–H groups in total. The SMILES string of the molecule is CCN1C(=O)/C(=C/c2ccccc2OCc2ccc([N+](=O)[O-])cc2)SC1=S. The molecule has 8 heteroatoms. The summed E-state index contributed by atoms with van der Waals surface area (Å²) in [6.07, 6.45) is 1.78. The number of amides is 1. The van der Waals surface area contributed by atoms with Crippen molar-refractivity contribution in [2.24, 2.45) is 0 Å². The first-order chi connectivity index (χ1) is 13.0. The number of thioether (sulfide) groups is 1. The highest BCUT2D eigenvalue weighted by molar-refractivity contribution is 8.26. The van der Waals surface area contributed by atoms with E-state index in [1.807, 2.05) is 31.2 Å². The molecule has 3 rings (SSSR count). The molecule has 27 heavy (non-hydrogen) atoms.